The second-order valence-electron chi connectivity index (χ2n) is 3.38. The molecule has 2 aromatic rings. The number of hydrogen-bond acceptors (Lipinski definition) is 3. The van der Waals surface area contributed by atoms with Gasteiger partial charge in [-0.05, 0) is 12.1 Å². The third kappa shape index (κ3) is 4.06. The predicted octanol–water partition coefficient (Wildman–Crippen LogP) is -5.85. The molecule has 0 fully saturated rings. The van der Waals surface area contributed by atoms with E-state index < -0.39 is 5.97 Å². The number of amides is 1. The van der Waals surface area contributed by atoms with E-state index in [0.29, 0.717) is 5.56 Å². The molecule has 0 aliphatic rings. The molecule has 8 heteroatoms. The molecule has 1 aromatic heterocycles. The lowest BCUT2D eigenvalue weighted by Gasteiger charge is -1.97. The Morgan fingerprint density at radius 1 is 1.16 bits per heavy atom. The maximum atomic E-state index is 11.8. The van der Waals surface area contributed by atoms with Gasteiger partial charge in [-0.15, -0.1) is 0 Å². The number of carboxylic acids is 1. The number of nitrogens with two attached hydrogens (primary N) is 1. The normalized spacial score (nSPS) is 9.05. The number of nitrogens with zero attached hydrogens (tertiary/aromatic N) is 1. The van der Waals surface area contributed by atoms with Gasteiger partial charge in [0.05, 0.1) is 5.56 Å². The van der Waals surface area contributed by atoms with E-state index in [0.717, 1.165) is 0 Å². The van der Waals surface area contributed by atoms with Gasteiger partial charge >= 0.3 is 11.9 Å². The number of rotatable bonds is 3. The lowest BCUT2D eigenvalue weighted by molar-refractivity contribution is -0.464. The largest absolute Gasteiger partial charge is 1.00 e. The Morgan fingerprint density at radius 3 is 2.37 bits per heavy atom. The van der Waals surface area contributed by atoms with E-state index in [2.05, 4.69) is 10.2 Å². The molecular formula is C11H10Cl2N3O3-. The number of aromatic nitrogens is 2. The number of benzene rings is 1. The minimum Gasteiger partial charge on any atom is -1.00 e. The number of hydrogen-bond donors (Lipinski definition) is 3. The zero-order chi connectivity index (χ0) is 12.3. The van der Waals surface area contributed by atoms with Crippen molar-refractivity contribution in [3.8, 4) is 0 Å². The summed E-state index contributed by atoms with van der Waals surface area (Å²) in [5, 5.41) is 16.0. The van der Waals surface area contributed by atoms with Gasteiger partial charge in [0, 0.05) is 0 Å². The van der Waals surface area contributed by atoms with Gasteiger partial charge in [-0.1, -0.05) is 18.2 Å². The summed E-state index contributed by atoms with van der Waals surface area (Å²) in [6.07, 6.45) is 1.31. The summed E-state index contributed by atoms with van der Waals surface area (Å²) in [6.45, 7) is 0. The maximum absolute atomic E-state index is 11.8. The fourth-order valence-corrected chi connectivity index (χ4v) is 1.40. The van der Waals surface area contributed by atoms with Crippen LogP contribution in [0.5, 0.6) is 0 Å². The number of carbonyl (C=O) groups excluding carboxylic acids is 1. The number of nitrogens with one attached hydrogen (secondary N) is 1. The molecule has 1 aromatic carbocycles. The average molecular weight is 303 g/mol. The molecule has 0 bridgehead atoms. The van der Waals surface area contributed by atoms with E-state index in [9.17, 15) is 9.59 Å². The number of aromatic amines is 1. The summed E-state index contributed by atoms with van der Waals surface area (Å²) in [7, 11) is 0. The molecule has 0 atom stereocenters. The van der Waals surface area contributed by atoms with Crippen LogP contribution in [0.4, 0.5) is 5.69 Å². The summed E-state index contributed by atoms with van der Waals surface area (Å²) >= 11 is 0. The molecule has 1 heterocycles. The lowest BCUT2D eigenvalue weighted by atomic mass is 10.2. The van der Waals surface area contributed by atoms with Crippen LogP contribution in [-0.2, 0) is 0 Å². The topological polar surface area (TPSA) is 99.7 Å². The van der Waals surface area contributed by atoms with E-state index in [1.807, 2.05) is 0 Å². The van der Waals surface area contributed by atoms with E-state index in [1.54, 1.807) is 30.3 Å². The number of H-pyrrole nitrogens is 1. The van der Waals surface area contributed by atoms with Crippen LogP contribution in [0.1, 0.15) is 20.8 Å². The highest BCUT2D eigenvalue weighted by Gasteiger charge is 2.20. The molecule has 0 aliphatic carbocycles. The fourth-order valence-electron chi connectivity index (χ4n) is 1.40. The van der Waals surface area contributed by atoms with Gasteiger partial charge in [-0.3, -0.25) is 5.10 Å². The van der Waals surface area contributed by atoms with Crippen molar-refractivity contribution in [1.82, 2.24) is 10.2 Å². The second-order valence-corrected chi connectivity index (χ2v) is 3.38. The molecule has 19 heavy (non-hydrogen) atoms. The van der Waals surface area contributed by atoms with Gasteiger partial charge < -0.3 is 29.9 Å². The van der Waals surface area contributed by atoms with Gasteiger partial charge in [0.1, 0.15) is 6.20 Å². The molecule has 0 saturated carbocycles. The van der Waals surface area contributed by atoms with Crippen molar-refractivity contribution >= 4 is 17.6 Å². The highest BCUT2D eigenvalue weighted by Crippen LogP contribution is 2.05. The Kier molecular flexibility index (Phi) is 6.78. The number of carbonyl (C=O) groups is 2. The van der Waals surface area contributed by atoms with Gasteiger partial charge in [0.2, 0.25) is 5.69 Å². The number of carboxylic acid groups (broad SMARTS) is 1. The van der Waals surface area contributed by atoms with Crippen LogP contribution >= 0.6 is 0 Å². The Morgan fingerprint density at radius 2 is 1.79 bits per heavy atom. The van der Waals surface area contributed by atoms with Gasteiger partial charge in [-0.2, -0.15) is 5.10 Å². The van der Waals surface area contributed by atoms with E-state index in [-0.39, 0.29) is 42.1 Å². The minimum absolute atomic E-state index is 0. The highest BCUT2D eigenvalue weighted by molar-refractivity contribution is 5.92. The van der Waals surface area contributed by atoms with Gasteiger partial charge in [0.25, 0.3) is 0 Å². The Labute approximate surface area is 121 Å². The van der Waals surface area contributed by atoms with E-state index >= 15 is 0 Å². The molecule has 1 amide bonds. The van der Waals surface area contributed by atoms with Crippen LogP contribution in [0.25, 0.3) is 0 Å². The lowest BCUT2D eigenvalue weighted by Crippen LogP contribution is -3.00. The van der Waals surface area contributed by atoms with Crippen LogP contribution in [0, 0.1) is 0 Å². The molecule has 102 valence electrons. The van der Waals surface area contributed by atoms with Crippen LogP contribution in [0.3, 0.4) is 0 Å². The van der Waals surface area contributed by atoms with Gasteiger partial charge in [0.15, 0.2) is 5.69 Å². The number of aromatic carboxylic acids is 1. The molecule has 0 radical (unpaired) electrons. The fraction of sp³-hybridized carbons (Fsp3) is 0. The number of quaternary nitrogens is 1. The quantitative estimate of drug-likeness (QED) is 0.526. The minimum atomic E-state index is -1.14. The first-order valence-corrected chi connectivity index (χ1v) is 4.89. The van der Waals surface area contributed by atoms with Crippen molar-refractivity contribution in [3.63, 3.8) is 0 Å². The number of primary amides is 1. The maximum Gasteiger partial charge on any atom is 0.360 e. The van der Waals surface area contributed by atoms with Crippen LogP contribution < -0.4 is 30.1 Å². The van der Waals surface area contributed by atoms with E-state index in [1.165, 1.54) is 11.5 Å². The molecule has 2 rings (SSSR count). The van der Waals surface area contributed by atoms with Crippen LogP contribution in [0.15, 0.2) is 36.5 Å². The Balaban J connectivity index is 0.00000162. The van der Waals surface area contributed by atoms with E-state index in [4.69, 9.17) is 5.11 Å². The molecule has 0 aliphatic heterocycles. The SMILES string of the molecule is O=C([NH2+]c1cn[nH]c1C(=O)O)c1ccccc1.[Cl-].[Cl-]. The summed E-state index contributed by atoms with van der Waals surface area (Å²) in [5.41, 5.74) is 0.686. The Hall–Kier alpha value is -1.89. The molecule has 0 saturated heterocycles. The summed E-state index contributed by atoms with van der Waals surface area (Å²) < 4.78 is 0. The Bertz CT molecular complexity index is 557. The molecular weight excluding hydrogens is 293 g/mol. The summed E-state index contributed by atoms with van der Waals surface area (Å²) in [5.74, 6) is -1.40. The van der Waals surface area contributed by atoms with Crippen molar-refractivity contribution in [2.75, 3.05) is 0 Å². The van der Waals surface area contributed by atoms with Crippen molar-refractivity contribution in [3.05, 3.63) is 47.8 Å². The van der Waals surface area contributed by atoms with Gasteiger partial charge in [-0.25, -0.2) is 14.9 Å². The first-order valence-electron chi connectivity index (χ1n) is 4.89. The second kappa shape index (κ2) is 7.52. The summed E-state index contributed by atoms with van der Waals surface area (Å²) in [4.78, 5) is 22.6. The molecule has 0 spiro atoms. The first-order chi connectivity index (χ1) is 8.18. The smallest absolute Gasteiger partial charge is 0.360 e. The van der Waals surface area contributed by atoms with Crippen LogP contribution in [-0.4, -0.2) is 27.2 Å². The van der Waals surface area contributed by atoms with Crippen molar-refractivity contribution in [1.29, 1.82) is 0 Å². The van der Waals surface area contributed by atoms with Crippen molar-refractivity contribution < 1.29 is 44.8 Å². The number of halogens is 2. The monoisotopic (exact) mass is 302 g/mol. The predicted molar refractivity (Wildman–Crippen MR) is 57.9 cm³/mol. The van der Waals surface area contributed by atoms with Crippen molar-refractivity contribution in [2.24, 2.45) is 0 Å². The third-order valence-corrected chi connectivity index (χ3v) is 2.23. The third-order valence-electron chi connectivity index (χ3n) is 2.23. The average Bonchev–Trinajstić information content (AvgIpc) is 2.78. The molecule has 4 N–H and O–H groups in total. The zero-order valence-electron chi connectivity index (χ0n) is 9.51. The van der Waals surface area contributed by atoms with Crippen molar-refractivity contribution in [2.45, 2.75) is 0 Å². The zero-order valence-corrected chi connectivity index (χ0v) is 11.0. The molecule has 0 unspecified atom stereocenters. The first kappa shape index (κ1) is 17.1. The van der Waals surface area contributed by atoms with Crippen LogP contribution in [0.2, 0.25) is 0 Å². The highest BCUT2D eigenvalue weighted by atomic mass is 35.5. The molecule has 6 nitrogen and oxygen atoms in total. The summed E-state index contributed by atoms with van der Waals surface area (Å²) in [6, 6.07) is 8.62. The standard InChI is InChI=1S/C11H9N3O3.2ClH/c15-10(7-4-2-1-3-5-7)13-8-6-12-14-9(8)11(16)17;;/h1-6H,(H,12,14)(H,13,15)(H,16,17);2*1H/p-1.